The Kier molecular flexibility index (Phi) is 4.50. The molecule has 19 heavy (non-hydrogen) atoms. The Morgan fingerprint density at radius 3 is 2.74 bits per heavy atom. The Morgan fingerprint density at radius 2 is 2.16 bits per heavy atom. The molecule has 1 fully saturated rings. The third-order valence-electron chi connectivity index (χ3n) is 3.93. The summed E-state index contributed by atoms with van der Waals surface area (Å²) in [4.78, 5) is 8.23. The predicted molar refractivity (Wildman–Crippen MR) is 83.8 cm³/mol. The van der Waals surface area contributed by atoms with E-state index in [0.29, 0.717) is 0 Å². The molecule has 0 aromatic carbocycles. The molecular weight excluding hydrogens is 254 g/mol. The molecule has 2 rings (SSSR count). The van der Waals surface area contributed by atoms with E-state index in [1.165, 1.54) is 17.7 Å². The molecule has 0 amide bonds. The summed E-state index contributed by atoms with van der Waals surface area (Å²) in [6.45, 7) is 9.63. The zero-order chi connectivity index (χ0) is 13.9. The molecule has 1 aromatic rings. The average molecular weight is 279 g/mol. The number of piperidine rings is 1. The first kappa shape index (κ1) is 14.4. The lowest BCUT2D eigenvalue weighted by Gasteiger charge is -2.31. The van der Waals surface area contributed by atoms with E-state index < -0.39 is 0 Å². The van der Waals surface area contributed by atoms with Crippen molar-refractivity contribution in [2.75, 3.05) is 19.6 Å². The van der Waals surface area contributed by atoms with Crippen LogP contribution in [0, 0.1) is 5.92 Å². The fraction of sp³-hybridized carbons (Fsp3) is 0.667. The van der Waals surface area contributed by atoms with Crippen molar-refractivity contribution >= 4 is 17.3 Å². The van der Waals surface area contributed by atoms with Crippen LogP contribution in [-0.2, 0) is 5.41 Å². The standard InChI is InChI=1S/C15H25N3S/c1-12-6-8-18(9-7-12)14(16)17-11-15(2,3)13-5-4-10-19-13/h4-5,10,12H,6-9,11H2,1-3H3,(H2,16,17). The van der Waals surface area contributed by atoms with Crippen molar-refractivity contribution in [3.63, 3.8) is 0 Å². The summed E-state index contributed by atoms with van der Waals surface area (Å²) in [5.74, 6) is 1.54. The molecule has 0 saturated carbocycles. The fourth-order valence-electron chi connectivity index (χ4n) is 2.36. The second-order valence-electron chi connectivity index (χ2n) is 6.21. The van der Waals surface area contributed by atoms with Gasteiger partial charge in [0.05, 0.1) is 6.54 Å². The largest absolute Gasteiger partial charge is 0.370 e. The van der Waals surface area contributed by atoms with E-state index in [1.807, 2.05) is 0 Å². The van der Waals surface area contributed by atoms with E-state index in [2.05, 4.69) is 48.2 Å². The first-order valence-electron chi connectivity index (χ1n) is 7.08. The topological polar surface area (TPSA) is 41.6 Å². The molecular formula is C15H25N3S. The van der Waals surface area contributed by atoms with Gasteiger partial charge >= 0.3 is 0 Å². The number of hydrogen-bond donors (Lipinski definition) is 1. The van der Waals surface area contributed by atoms with Crippen molar-refractivity contribution in [3.8, 4) is 0 Å². The van der Waals surface area contributed by atoms with Crippen LogP contribution < -0.4 is 5.73 Å². The summed E-state index contributed by atoms with van der Waals surface area (Å²) in [5, 5.41) is 2.12. The van der Waals surface area contributed by atoms with Crippen molar-refractivity contribution in [1.29, 1.82) is 0 Å². The van der Waals surface area contributed by atoms with Gasteiger partial charge in [-0.15, -0.1) is 11.3 Å². The lowest BCUT2D eigenvalue weighted by molar-refractivity contribution is 0.277. The SMILES string of the molecule is CC1CCN(C(N)=NCC(C)(C)c2cccs2)CC1. The van der Waals surface area contributed by atoms with Crippen LogP contribution in [0.4, 0.5) is 0 Å². The van der Waals surface area contributed by atoms with Gasteiger partial charge in [-0.05, 0) is 30.2 Å². The number of thiophene rings is 1. The summed E-state index contributed by atoms with van der Waals surface area (Å²) < 4.78 is 0. The maximum atomic E-state index is 6.13. The van der Waals surface area contributed by atoms with Crippen LogP contribution in [0.5, 0.6) is 0 Å². The maximum Gasteiger partial charge on any atom is 0.191 e. The fourth-order valence-corrected chi connectivity index (χ4v) is 3.20. The zero-order valence-corrected chi connectivity index (χ0v) is 13.0. The van der Waals surface area contributed by atoms with Gasteiger partial charge in [0, 0.05) is 23.4 Å². The van der Waals surface area contributed by atoms with Gasteiger partial charge in [0.25, 0.3) is 0 Å². The molecule has 0 unspecified atom stereocenters. The second kappa shape index (κ2) is 5.95. The van der Waals surface area contributed by atoms with E-state index in [9.17, 15) is 0 Å². The second-order valence-corrected chi connectivity index (χ2v) is 7.15. The number of hydrogen-bond acceptors (Lipinski definition) is 2. The number of nitrogens with zero attached hydrogens (tertiary/aromatic N) is 2. The summed E-state index contributed by atoms with van der Waals surface area (Å²) >= 11 is 1.79. The van der Waals surface area contributed by atoms with Crippen molar-refractivity contribution in [2.24, 2.45) is 16.6 Å². The minimum atomic E-state index is 0.0713. The number of nitrogens with two attached hydrogens (primary N) is 1. The lowest BCUT2D eigenvalue weighted by Crippen LogP contribution is -2.43. The predicted octanol–water partition coefficient (Wildman–Crippen LogP) is 3.07. The van der Waals surface area contributed by atoms with Gasteiger partial charge in [-0.1, -0.05) is 26.8 Å². The Labute approximate surface area is 120 Å². The van der Waals surface area contributed by atoms with E-state index in [-0.39, 0.29) is 5.41 Å². The Morgan fingerprint density at radius 1 is 1.47 bits per heavy atom. The number of aliphatic imine (C=N–C) groups is 1. The van der Waals surface area contributed by atoms with Crippen LogP contribution in [0.15, 0.2) is 22.5 Å². The van der Waals surface area contributed by atoms with Gasteiger partial charge in [-0.25, -0.2) is 0 Å². The summed E-state index contributed by atoms with van der Waals surface area (Å²) in [7, 11) is 0. The lowest BCUT2D eigenvalue weighted by atomic mass is 9.92. The highest BCUT2D eigenvalue weighted by molar-refractivity contribution is 7.10. The monoisotopic (exact) mass is 279 g/mol. The van der Waals surface area contributed by atoms with Crippen LogP contribution in [0.25, 0.3) is 0 Å². The molecule has 0 atom stereocenters. The summed E-state index contributed by atoms with van der Waals surface area (Å²) in [6, 6.07) is 4.28. The van der Waals surface area contributed by atoms with Crippen LogP contribution in [0.2, 0.25) is 0 Å². The van der Waals surface area contributed by atoms with Crippen LogP contribution in [-0.4, -0.2) is 30.5 Å². The smallest absolute Gasteiger partial charge is 0.191 e. The minimum Gasteiger partial charge on any atom is -0.370 e. The maximum absolute atomic E-state index is 6.13. The van der Waals surface area contributed by atoms with E-state index in [0.717, 1.165) is 31.5 Å². The Hall–Kier alpha value is -1.03. The highest BCUT2D eigenvalue weighted by atomic mass is 32.1. The van der Waals surface area contributed by atoms with E-state index in [1.54, 1.807) is 11.3 Å². The van der Waals surface area contributed by atoms with Crippen molar-refractivity contribution in [3.05, 3.63) is 22.4 Å². The molecule has 2 N–H and O–H groups in total. The van der Waals surface area contributed by atoms with Crippen LogP contribution >= 0.6 is 11.3 Å². The molecule has 4 heteroatoms. The molecule has 2 heterocycles. The van der Waals surface area contributed by atoms with Crippen LogP contribution in [0.1, 0.15) is 38.5 Å². The summed E-state index contributed by atoms with van der Waals surface area (Å²) in [5.41, 5.74) is 6.21. The molecule has 1 aliphatic rings. The van der Waals surface area contributed by atoms with Gasteiger partial charge in [0.1, 0.15) is 0 Å². The van der Waals surface area contributed by atoms with Gasteiger partial charge in [0.2, 0.25) is 0 Å². The quantitative estimate of drug-likeness (QED) is 0.682. The highest BCUT2D eigenvalue weighted by Gasteiger charge is 2.22. The summed E-state index contributed by atoms with van der Waals surface area (Å²) in [6.07, 6.45) is 2.45. The van der Waals surface area contributed by atoms with E-state index >= 15 is 0 Å². The number of rotatable bonds is 3. The third-order valence-corrected chi connectivity index (χ3v) is 5.17. The van der Waals surface area contributed by atoms with Gasteiger partial charge < -0.3 is 10.6 Å². The molecule has 1 aromatic heterocycles. The van der Waals surface area contributed by atoms with Gasteiger partial charge in [-0.3, -0.25) is 4.99 Å². The molecule has 1 saturated heterocycles. The highest BCUT2D eigenvalue weighted by Crippen LogP contribution is 2.27. The van der Waals surface area contributed by atoms with Gasteiger partial charge in [-0.2, -0.15) is 0 Å². The van der Waals surface area contributed by atoms with Gasteiger partial charge in [0.15, 0.2) is 5.96 Å². The molecule has 0 aliphatic carbocycles. The molecule has 0 radical (unpaired) electrons. The van der Waals surface area contributed by atoms with E-state index in [4.69, 9.17) is 5.73 Å². The minimum absolute atomic E-state index is 0.0713. The third kappa shape index (κ3) is 3.72. The van der Waals surface area contributed by atoms with Crippen LogP contribution in [0.3, 0.4) is 0 Å². The van der Waals surface area contributed by atoms with Crippen molar-refractivity contribution in [1.82, 2.24) is 4.90 Å². The first-order valence-corrected chi connectivity index (χ1v) is 7.96. The Balaban J connectivity index is 1.94. The van der Waals surface area contributed by atoms with Crippen molar-refractivity contribution < 1.29 is 0 Å². The molecule has 106 valence electrons. The number of guanidine groups is 1. The Bertz CT molecular complexity index is 415. The molecule has 1 aliphatic heterocycles. The zero-order valence-electron chi connectivity index (χ0n) is 12.2. The number of likely N-dealkylation sites (tertiary alicyclic amines) is 1. The molecule has 3 nitrogen and oxygen atoms in total. The van der Waals surface area contributed by atoms with Crippen molar-refractivity contribution in [2.45, 2.75) is 39.0 Å². The molecule has 0 spiro atoms. The first-order chi connectivity index (χ1) is 8.99. The average Bonchev–Trinajstić information content (AvgIpc) is 2.91. The normalized spacial score (nSPS) is 18.9. The molecule has 0 bridgehead atoms.